The lowest BCUT2D eigenvalue weighted by Crippen LogP contribution is -2.57. The van der Waals surface area contributed by atoms with E-state index in [9.17, 15) is 24.0 Å². The zero-order valence-corrected chi connectivity index (χ0v) is 75.9. The van der Waals surface area contributed by atoms with Crippen LogP contribution in [-0.4, -0.2) is 235 Å². The molecule has 8 aliphatic heterocycles. The second-order valence-corrected chi connectivity index (χ2v) is 34.8. The molecule has 688 valence electrons. The molecule has 134 heavy (non-hydrogen) atoms. The number of pyridine rings is 5. The largest absolute Gasteiger partial charge is 0.497 e. The van der Waals surface area contributed by atoms with Gasteiger partial charge >= 0.3 is 0 Å². The van der Waals surface area contributed by atoms with Crippen LogP contribution in [0, 0.1) is 0 Å². The molecule has 0 spiro atoms. The fourth-order valence-electron chi connectivity index (χ4n) is 17.6. The molecular formula is C101H106N20O13. The molecule has 5 aromatic carbocycles. The molecule has 33 heteroatoms. The standard InChI is InChI=1S/2C21H24N4O2.2C20H20N4O3.C19H18N4O3/c1-21(2)14-24(11-10-22-21)16-6-9-19-23-18(12-20(26)25(19)13-16)15-4-7-17(27-3)8-5-15;1-23-10-3-11-24(13-12-23)17-6-9-20-22-19(14-21(26)25(20)15-17)16-4-7-18(27-2)8-5-16;1-22-6-8-23(9-7-22)15-3-5-19-21-16(11-20(25)24(19)12-15)14-2-4-17-18(10-14)27-13-26-17;1-13-10-23(7-6-21-13)15-3-5-19-22-16(9-20(25)24(19)11-15)14-2-4-17-18(8-14)27-12-26-17;24-19-10-15(13-1-3-16-17(9-13)26-12-25-16)21-18-4-2-14(11-23(18)19)22-7-5-20-6-8-22/h4-9,12-13,22H,10-11,14H2,1-3H3;4-9,14-15H,3,10-13H2,1-2H3;2-5,10-12H,6-9,13H2,1H3;2-5,8-9,11,13,21H,6-7,10,12H2,1H3;1-4,9-11,20H,5-8,12H2/t;;;13-;/m...1./s1. The van der Waals surface area contributed by atoms with Gasteiger partial charge in [0.1, 0.15) is 39.7 Å². The van der Waals surface area contributed by atoms with Crippen molar-refractivity contribution < 1.29 is 37.9 Å². The molecule has 0 unspecified atom stereocenters. The second-order valence-electron chi connectivity index (χ2n) is 34.8. The van der Waals surface area contributed by atoms with Crippen LogP contribution in [0.3, 0.4) is 0 Å². The molecule has 18 heterocycles. The molecular weight excluding hydrogens is 1700 g/mol. The Morgan fingerprint density at radius 2 is 0.642 bits per heavy atom. The van der Waals surface area contributed by atoms with E-state index in [1.807, 2.05) is 189 Å². The average Bonchev–Trinajstić information content (AvgIpc) is 1.07. The number of hydrogen-bond acceptors (Lipinski definition) is 28. The van der Waals surface area contributed by atoms with E-state index in [0.717, 1.165) is 192 Å². The van der Waals surface area contributed by atoms with Crippen molar-refractivity contribution in [3.8, 4) is 102 Å². The van der Waals surface area contributed by atoms with E-state index in [1.165, 1.54) is 0 Å². The zero-order chi connectivity index (χ0) is 92.1. The molecule has 0 amide bonds. The molecule has 0 bridgehead atoms. The molecule has 10 aromatic heterocycles. The van der Waals surface area contributed by atoms with E-state index in [0.29, 0.717) is 97.2 Å². The van der Waals surface area contributed by atoms with E-state index in [4.69, 9.17) is 37.9 Å². The van der Waals surface area contributed by atoms with Gasteiger partial charge < -0.3 is 88.1 Å². The van der Waals surface area contributed by atoms with E-state index in [2.05, 4.69) is 116 Å². The number of anilines is 5. The number of methoxy groups -OCH3 is 2. The molecule has 0 saturated carbocycles. The van der Waals surface area contributed by atoms with E-state index >= 15 is 0 Å². The quantitative estimate of drug-likeness (QED) is 0.102. The summed E-state index contributed by atoms with van der Waals surface area (Å²) in [6.07, 6.45) is 10.6. The number of piperazine rings is 4. The first kappa shape index (κ1) is 88.4. The van der Waals surface area contributed by atoms with Crippen LogP contribution in [0.2, 0.25) is 0 Å². The van der Waals surface area contributed by atoms with E-state index in [-0.39, 0.29) is 53.7 Å². The summed E-state index contributed by atoms with van der Waals surface area (Å²) in [5.74, 6) is 5.74. The highest BCUT2D eigenvalue weighted by atomic mass is 16.7. The van der Waals surface area contributed by atoms with Gasteiger partial charge in [0.15, 0.2) is 34.5 Å². The Morgan fingerprint density at radius 3 is 1.01 bits per heavy atom. The lowest BCUT2D eigenvalue weighted by Gasteiger charge is -2.40. The van der Waals surface area contributed by atoms with Crippen LogP contribution in [-0.2, 0) is 0 Å². The first-order chi connectivity index (χ1) is 65.2. The fourth-order valence-corrected chi connectivity index (χ4v) is 17.6. The van der Waals surface area contributed by atoms with Gasteiger partial charge in [0.2, 0.25) is 20.4 Å². The van der Waals surface area contributed by atoms with Crippen molar-refractivity contribution in [2.45, 2.75) is 38.8 Å². The highest BCUT2D eigenvalue weighted by molar-refractivity contribution is 5.72. The molecule has 3 N–H and O–H groups in total. The van der Waals surface area contributed by atoms with Crippen molar-refractivity contribution in [1.29, 1.82) is 0 Å². The first-order valence-corrected chi connectivity index (χ1v) is 45.2. The highest BCUT2D eigenvalue weighted by Gasteiger charge is 2.28. The minimum atomic E-state index is -0.0994. The predicted octanol–water partition coefficient (Wildman–Crippen LogP) is 10.3. The Labute approximate surface area is 772 Å². The fraction of sp³-hybridized carbons (Fsp3) is 0.307. The minimum Gasteiger partial charge on any atom is -0.497 e. The summed E-state index contributed by atoms with van der Waals surface area (Å²) in [6.45, 7) is 24.6. The monoisotopic (exact) mass is 1810 g/mol. The molecule has 0 radical (unpaired) electrons. The summed E-state index contributed by atoms with van der Waals surface area (Å²) in [5, 5.41) is 10.3. The van der Waals surface area contributed by atoms with Gasteiger partial charge in [-0.25, -0.2) is 24.9 Å². The maximum Gasteiger partial charge on any atom is 0.258 e. The smallest absolute Gasteiger partial charge is 0.258 e. The SMILES string of the molecule is CN1CCN(c2ccc3nc(-c4ccc5c(c4)OCO5)cc(=O)n3c2)CC1.COc1ccc(-c2cc(=O)n3cc(N4CCCN(C)CC4)ccc3n2)cc1.COc1ccc(-c2cc(=O)n3cc(N4CCNC(C)(C)C4)ccc3n2)cc1.C[C@@H]1CN(c2ccc3nc(-c4ccc5c(c4)OCO5)cc(=O)n3c2)CCN1.O=c1cc(-c2ccc3c(c2)OCO3)nc2ccc(N3CCNCC3)cn12. The van der Waals surface area contributed by atoms with Crippen LogP contribution in [0.1, 0.15) is 27.2 Å². The van der Waals surface area contributed by atoms with Crippen LogP contribution in [0.25, 0.3) is 84.5 Å². The third-order valence-corrected chi connectivity index (χ3v) is 25.1. The molecule has 5 fully saturated rings. The van der Waals surface area contributed by atoms with Gasteiger partial charge in [-0.05, 0) is 212 Å². The van der Waals surface area contributed by atoms with Crippen molar-refractivity contribution in [3.63, 3.8) is 0 Å². The molecule has 0 aliphatic carbocycles. The highest BCUT2D eigenvalue weighted by Crippen LogP contribution is 2.39. The maximum atomic E-state index is 12.7. The number of hydrogen-bond donors (Lipinski definition) is 3. The Balaban J connectivity index is 0.000000108. The van der Waals surface area contributed by atoms with Crippen molar-refractivity contribution in [1.82, 2.24) is 72.7 Å². The van der Waals surface area contributed by atoms with Crippen molar-refractivity contribution >= 4 is 56.7 Å². The molecule has 23 rings (SSSR count). The third-order valence-electron chi connectivity index (χ3n) is 25.1. The van der Waals surface area contributed by atoms with Gasteiger partial charge in [0.25, 0.3) is 27.8 Å². The lowest BCUT2D eigenvalue weighted by atomic mass is 10.0. The van der Waals surface area contributed by atoms with Gasteiger partial charge in [-0.1, -0.05) is 0 Å². The molecule has 5 saturated heterocycles. The van der Waals surface area contributed by atoms with E-state index < -0.39 is 0 Å². The minimum absolute atomic E-state index is 0.0502. The Morgan fingerprint density at radius 1 is 0.328 bits per heavy atom. The van der Waals surface area contributed by atoms with Gasteiger partial charge in [0.05, 0.1) is 71.1 Å². The maximum absolute atomic E-state index is 12.7. The summed E-state index contributed by atoms with van der Waals surface area (Å²) in [4.78, 5) is 103. The summed E-state index contributed by atoms with van der Waals surface area (Å²) in [7, 11) is 7.55. The van der Waals surface area contributed by atoms with E-state index in [1.54, 1.807) is 66.6 Å². The number of nitrogens with zero attached hydrogens (tertiary/aromatic N) is 17. The van der Waals surface area contributed by atoms with Crippen LogP contribution in [0.4, 0.5) is 28.4 Å². The molecule has 15 aromatic rings. The molecule has 8 aliphatic rings. The summed E-state index contributed by atoms with van der Waals surface area (Å²) < 4.78 is 50.8. The number of fused-ring (bicyclic) bond motifs is 8. The number of rotatable bonds is 12. The normalized spacial score (nSPS) is 16.8. The van der Waals surface area contributed by atoms with Gasteiger partial charge in [-0.15, -0.1) is 0 Å². The second kappa shape index (κ2) is 38.9. The summed E-state index contributed by atoms with van der Waals surface area (Å²) in [5.41, 5.74) is 15.5. The summed E-state index contributed by atoms with van der Waals surface area (Å²) in [6, 6.07) is 60.0. The molecule has 1 atom stereocenters. The van der Waals surface area contributed by atoms with Crippen molar-refractivity contribution in [3.05, 3.63) is 277 Å². The number of likely N-dealkylation sites (N-methyl/N-ethyl adjacent to an activating group) is 2. The molecule has 33 nitrogen and oxygen atoms in total. The van der Waals surface area contributed by atoms with Crippen LogP contribution in [0.15, 0.2) is 249 Å². The summed E-state index contributed by atoms with van der Waals surface area (Å²) >= 11 is 0. The zero-order valence-electron chi connectivity index (χ0n) is 75.9. The number of benzene rings is 5. The van der Waals surface area contributed by atoms with Gasteiger partial charge in [0, 0.05) is 212 Å². The van der Waals surface area contributed by atoms with Crippen LogP contribution >= 0.6 is 0 Å². The number of nitrogens with one attached hydrogen (secondary N) is 3. The Bertz CT molecular complexity index is 7180. The van der Waals surface area contributed by atoms with Gasteiger partial charge in [-0.3, -0.25) is 46.0 Å². The third kappa shape index (κ3) is 19.8. The first-order valence-electron chi connectivity index (χ1n) is 45.2. The van der Waals surface area contributed by atoms with Crippen LogP contribution < -0.4 is 106 Å². The Hall–Kier alpha value is -14.9. The Kier molecular flexibility index (Phi) is 25.6. The topological polar surface area (TPSA) is 304 Å². The van der Waals surface area contributed by atoms with Gasteiger partial charge in [-0.2, -0.15) is 0 Å². The average molecular weight is 1810 g/mol. The number of ether oxygens (including phenoxy) is 8. The van der Waals surface area contributed by atoms with Crippen molar-refractivity contribution in [2.24, 2.45) is 0 Å². The lowest BCUT2D eigenvalue weighted by molar-refractivity contribution is 0.173. The predicted molar refractivity (Wildman–Crippen MR) is 519 cm³/mol. The number of aromatic nitrogens is 10. The van der Waals surface area contributed by atoms with Crippen molar-refractivity contribution in [2.75, 3.05) is 191 Å². The van der Waals surface area contributed by atoms with Crippen LogP contribution in [0.5, 0.6) is 46.0 Å².